The van der Waals surface area contributed by atoms with Gasteiger partial charge in [0, 0.05) is 17.6 Å². The number of methoxy groups -OCH3 is 2. The summed E-state index contributed by atoms with van der Waals surface area (Å²) in [4.78, 5) is 0. The molecule has 0 heterocycles. The van der Waals surface area contributed by atoms with Crippen LogP contribution in [0.5, 0.6) is 0 Å². The molecule has 0 rings (SSSR count). The van der Waals surface area contributed by atoms with Crippen LogP contribution < -0.4 is 0 Å². The Balaban J connectivity index is -0.0000000140. The predicted octanol–water partition coefficient (Wildman–Crippen LogP) is -7.07. The van der Waals surface area contributed by atoms with Gasteiger partial charge in [-0.15, -0.1) is 0 Å². The van der Waals surface area contributed by atoms with Gasteiger partial charge in [0.25, 0.3) is 0 Å². The minimum atomic E-state index is -2.11. The van der Waals surface area contributed by atoms with E-state index in [1.165, 1.54) is 14.2 Å². The first kappa shape index (κ1) is 74.9. The van der Waals surface area contributed by atoms with Gasteiger partial charge in [-0.25, -0.2) is 0 Å². The molecule has 8 radical (unpaired) electrons. The number of hydrogen-bond acceptors (Lipinski definition) is 5. The topological polar surface area (TPSA) is 309 Å². The zero-order valence-electron chi connectivity index (χ0n) is 13.8. The minimum absolute atomic E-state index is 0. The SMILES string of the molecule is C[O][Ge]([CH2]C(O)(OC)OC)[O]C.O.O.O.O.O.O.O.O.[CH3][Ge].[Ge]. The number of rotatable bonds is 6. The van der Waals surface area contributed by atoms with E-state index in [1.807, 2.05) is 22.3 Å². The summed E-state index contributed by atoms with van der Waals surface area (Å²) in [5.74, 6) is 0.432. The van der Waals surface area contributed by atoms with Gasteiger partial charge in [-0.05, 0) is 0 Å². The molecule has 0 atom stereocenters. The third kappa shape index (κ3) is 39.7. The smallest absolute Gasteiger partial charge is 0 e. The van der Waals surface area contributed by atoms with Crippen LogP contribution in [0.1, 0.15) is 0 Å². The van der Waals surface area contributed by atoms with Gasteiger partial charge in [0.1, 0.15) is 0 Å². The van der Waals surface area contributed by atoms with E-state index < -0.39 is 21.0 Å². The van der Waals surface area contributed by atoms with Crippen LogP contribution >= 0.6 is 0 Å². The van der Waals surface area contributed by atoms with Crippen molar-refractivity contribution in [2.24, 2.45) is 0 Å². The van der Waals surface area contributed by atoms with Gasteiger partial charge in [0.05, 0.1) is 0 Å². The molecule has 0 spiro atoms. The van der Waals surface area contributed by atoms with Gasteiger partial charge >= 0.3 is 99.1 Å². The summed E-state index contributed by atoms with van der Waals surface area (Å²) in [5.41, 5.74) is 0. The van der Waals surface area contributed by atoms with E-state index in [0.717, 1.165) is 0 Å². The second-order valence-corrected chi connectivity index (χ2v) is 6.09. The van der Waals surface area contributed by atoms with Crippen molar-refractivity contribution >= 4 is 49.1 Å². The van der Waals surface area contributed by atoms with Gasteiger partial charge in [0.2, 0.25) is 0 Å². The van der Waals surface area contributed by atoms with Crippen LogP contribution in [-0.2, 0) is 17.0 Å². The van der Waals surface area contributed by atoms with E-state index in [2.05, 4.69) is 0 Å². The minimum Gasteiger partial charge on any atom is 0 e. The van der Waals surface area contributed by atoms with Gasteiger partial charge in [-0.3, -0.25) is 0 Å². The van der Waals surface area contributed by atoms with Crippen molar-refractivity contribution in [1.29, 1.82) is 0 Å². The molecule has 0 saturated carbocycles. The van der Waals surface area contributed by atoms with Crippen LogP contribution in [0.4, 0.5) is 0 Å². The fraction of sp³-hybridized carbons (Fsp3) is 1.00. The molecule has 0 aliphatic heterocycles. The molecule has 23 heavy (non-hydrogen) atoms. The van der Waals surface area contributed by atoms with E-state index in [1.54, 1.807) is 14.2 Å². The molecule has 13 nitrogen and oxygen atoms in total. The van der Waals surface area contributed by atoms with Gasteiger partial charge < -0.3 is 43.8 Å². The van der Waals surface area contributed by atoms with Gasteiger partial charge in [0.15, 0.2) is 0 Å². The van der Waals surface area contributed by atoms with Gasteiger partial charge in [-0.1, -0.05) is 0 Å². The molecule has 0 aromatic carbocycles. The average Bonchev–Trinajstić information content (AvgIpc) is 2.28. The Morgan fingerprint density at radius 2 is 0.957 bits per heavy atom. The summed E-state index contributed by atoms with van der Waals surface area (Å²) in [6.07, 6.45) is 0. The van der Waals surface area contributed by atoms with Crippen LogP contribution in [-0.4, -0.2) is 132 Å². The molecule has 0 bridgehead atoms. The summed E-state index contributed by atoms with van der Waals surface area (Å²) < 4.78 is 19.5. The van der Waals surface area contributed by atoms with Crippen LogP contribution in [0, 0.1) is 0 Å². The molecule has 17 N–H and O–H groups in total. The normalized spacial score (nSPS) is 6.78. The summed E-state index contributed by atoms with van der Waals surface area (Å²) in [6.45, 7) is 0. The largest absolute Gasteiger partial charge is 0 e. The maximum absolute atomic E-state index is 9.50. The number of ether oxygens (including phenoxy) is 2. The zero-order valence-corrected chi connectivity index (χ0v) is 20.1. The maximum atomic E-state index is 9.50. The third-order valence-corrected chi connectivity index (χ3v) is 4.91. The van der Waals surface area contributed by atoms with E-state index >= 15 is 0 Å². The first-order valence-electron chi connectivity index (χ1n) is 3.88. The molecule has 0 aliphatic rings. The summed E-state index contributed by atoms with van der Waals surface area (Å²) in [6, 6.07) is 0. The molecule has 152 valence electrons. The van der Waals surface area contributed by atoms with Crippen molar-refractivity contribution in [3.63, 3.8) is 0 Å². The average molecular weight is 544 g/mol. The fourth-order valence-electron chi connectivity index (χ4n) is 0.638. The molecule has 0 unspecified atom stereocenters. The third-order valence-electron chi connectivity index (χ3n) is 1.46. The molecule has 0 aromatic rings. The first-order valence-corrected chi connectivity index (χ1v) is 9.17. The Kier molecular flexibility index (Phi) is 161. The Hall–Kier alpha value is 1.11. The molecule has 0 fully saturated rings. The van der Waals surface area contributed by atoms with Gasteiger partial charge in [-0.2, -0.15) is 0 Å². The van der Waals surface area contributed by atoms with Crippen molar-refractivity contribution < 1.29 is 65.9 Å². The molecule has 0 saturated heterocycles. The standard InChI is InChI=1S/C6H15GeO5.CH3Ge.Ge.8H2O/c1-9-6(8,10-2)5-7(11-3)12-4;1-2;;;;;;;;;/h8H,5H2,1-4H3;1H3;;8*1H2. The quantitative estimate of drug-likeness (QED) is 0.251. The summed E-state index contributed by atoms with van der Waals surface area (Å²) >= 11 is -0.114. The van der Waals surface area contributed by atoms with Crippen LogP contribution in [0.2, 0.25) is 11.0 Å². The molecule has 16 heteroatoms. The van der Waals surface area contributed by atoms with E-state index in [9.17, 15) is 5.11 Å². The molecule has 0 amide bonds. The van der Waals surface area contributed by atoms with Crippen molar-refractivity contribution in [1.82, 2.24) is 0 Å². The Morgan fingerprint density at radius 3 is 1.09 bits per heavy atom. The molecule has 0 aliphatic carbocycles. The molecular formula is C7H34Ge3O13. The van der Waals surface area contributed by atoms with E-state index in [-0.39, 0.29) is 66.7 Å². The van der Waals surface area contributed by atoms with Crippen molar-refractivity contribution in [2.45, 2.75) is 17.0 Å². The Morgan fingerprint density at radius 1 is 0.739 bits per heavy atom. The fourth-order valence-corrected chi connectivity index (χ4v) is 2.96. The van der Waals surface area contributed by atoms with Crippen LogP contribution in [0.15, 0.2) is 0 Å². The number of hydrogen-bond donors (Lipinski definition) is 1. The zero-order chi connectivity index (χ0) is 11.6. The van der Waals surface area contributed by atoms with Crippen LogP contribution in [0.25, 0.3) is 0 Å². The van der Waals surface area contributed by atoms with Crippen molar-refractivity contribution in [3.05, 3.63) is 0 Å². The van der Waals surface area contributed by atoms with E-state index in [4.69, 9.17) is 17.0 Å². The second kappa shape index (κ2) is 49.5. The van der Waals surface area contributed by atoms with Crippen LogP contribution in [0.3, 0.4) is 0 Å². The Bertz CT molecular complexity index is 128. The van der Waals surface area contributed by atoms with Crippen molar-refractivity contribution in [2.75, 3.05) is 28.4 Å². The monoisotopic (exact) mass is 548 g/mol. The number of aliphatic hydroxyl groups is 1. The predicted molar refractivity (Wildman–Crippen MR) is 89.8 cm³/mol. The summed E-state index contributed by atoms with van der Waals surface area (Å²) in [7, 11) is 5.82. The molecule has 0 aromatic heterocycles. The van der Waals surface area contributed by atoms with E-state index in [0.29, 0.717) is 0 Å². The second-order valence-electron chi connectivity index (χ2n) is 2.08. The first-order chi connectivity index (χ1) is 6.61. The van der Waals surface area contributed by atoms with Crippen molar-refractivity contribution in [3.8, 4) is 0 Å². The molecular weight excluding hydrogens is 510 g/mol. The maximum Gasteiger partial charge on any atom is 0 e. The summed E-state index contributed by atoms with van der Waals surface area (Å²) in [5, 5.41) is 9.76. The Labute approximate surface area is 160 Å².